The van der Waals surface area contributed by atoms with Gasteiger partial charge in [0.1, 0.15) is 5.82 Å². The summed E-state index contributed by atoms with van der Waals surface area (Å²) in [6.45, 7) is 2.20. The van der Waals surface area contributed by atoms with Crippen molar-refractivity contribution in [2.24, 2.45) is 0 Å². The van der Waals surface area contributed by atoms with Gasteiger partial charge in [-0.05, 0) is 31.0 Å². The highest BCUT2D eigenvalue weighted by Gasteiger charge is 1.97. The van der Waals surface area contributed by atoms with Crippen molar-refractivity contribution in [2.75, 3.05) is 6.61 Å². The van der Waals surface area contributed by atoms with Crippen molar-refractivity contribution in [1.29, 1.82) is 0 Å². The van der Waals surface area contributed by atoms with E-state index < -0.39 is 0 Å². The first-order valence-corrected chi connectivity index (χ1v) is 5.30. The van der Waals surface area contributed by atoms with Crippen LogP contribution in [0.5, 0.6) is 0 Å². The van der Waals surface area contributed by atoms with Gasteiger partial charge in [0.25, 0.3) is 0 Å². The lowest BCUT2D eigenvalue weighted by atomic mass is 10.2. The molecule has 0 aromatic heterocycles. The molecule has 0 bridgehead atoms. The fraction of sp³-hybridized carbons (Fsp3) is 0.308. The van der Waals surface area contributed by atoms with E-state index in [4.69, 9.17) is 4.74 Å². The molecule has 3 heteroatoms. The van der Waals surface area contributed by atoms with Gasteiger partial charge in [-0.1, -0.05) is 24.3 Å². The van der Waals surface area contributed by atoms with Crippen LogP contribution < -0.4 is 0 Å². The van der Waals surface area contributed by atoms with Gasteiger partial charge in [0.05, 0.1) is 6.61 Å². The Morgan fingerprint density at radius 3 is 2.69 bits per heavy atom. The van der Waals surface area contributed by atoms with Gasteiger partial charge in [-0.15, -0.1) is 0 Å². The number of hydrogen-bond donors (Lipinski definition) is 0. The van der Waals surface area contributed by atoms with Gasteiger partial charge in [-0.2, -0.15) is 0 Å². The molecule has 0 N–H and O–H groups in total. The Kier molecular flexibility index (Phi) is 5.26. The number of carbonyl (C=O) groups excluding carboxylic acids is 1. The zero-order chi connectivity index (χ0) is 11.8. The Bertz CT molecular complexity index is 355. The van der Waals surface area contributed by atoms with Crippen LogP contribution in [0.15, 0.2) is 30.3 Å². The average molecular weight is 222 g/mol. The number of ether oxygens (including phenoxy) is 1. The van der Waals surface area contributed by atoms with E-state index in [0.29, 0.717) is 19.4 Å². The Balaban J connectivity index is 2.32. The fourth-order valence-corrected chi connectivity index (χ4v) is 1.23. The van der Waals surface area contributed by atoms with Gasteiger partial charge in [-0.25, -0.2) is 4.39 Å². The largest absolute Gasteiger partial charge is 0.466 e. The minimum Gasteiger partial charge on any atom is -0.466 e. The Morgan fingerprint density at radius 1 is 1.38 bits per heavy atom. The summed E-state index contributed by atoms with van der Waals surface area (Å²) in [6, 6.07) is 6.20. The first-order valence-electron chi connectivity index (χ1n) is 5.30. The first-order chi connectivity index (χ1) is 7.72. The van der Waals surface area contributed by atoms with E-state index in [1.54, 1.807) is 19.1 Å². The third-order valence-corrected chi connectivity index (χ3v) is 2.00. The maximum Gasteiger partial charge on any atom is 0.306 e. The molecule has 1 rings (SSSR count). The molecule has 16 heavy (non-hydrogen) atoms. The van der Waals surface area contributed by atoms with Crippen LogP contribution in [0.4, 0.5) is 4.39 Å². The Morgan fingerprint density at radius 2 is 2.06 bits per heavy atom. The van der Waals surface area contributed by atoms with Crippen LogP contribution in [-0.4, -0.2) is 12.6 Å². The van der Waals surface area contributed by atoms with E-state index in [1.165, 1.54) is 12.1 Å². The standard InChI is InChI=1S/C13H15FO2/c1-2-16-13(15)6-4-3-5-11-7-9-12(14)10-8-11/h3,5,7-10H,2,4,6H2,1H3/b5-3-. The zero-order valence-corrected chi connectivity index (χ0v) is 9.28. The van der Waals surface area contributed by atoms with Crippen LogP contribution in [0, 0.1) is 5.82 Å². The molecular weight excluding hydrogens is 207 g/mol. The van der Waals surface area contributed by atoms with E-state index in [2.05, 4.69) is 0 Å². The molecule has 0 aliphatic carbocycles. The second-order valence-corrected chi connectivity index (χ2v) is 3.30. The van der Waals surface area contributed by atoms with Crippen molar-refractivity contribution in [3.63, 3.8) is 0 Å². The van der Waals surface area contributed by atoms with Gasteiger partial charge in [0, 0.05) is 6.42 Å². The number of allylic oxidation sites excluding steroid dienone is 1. The molecule has 1 aromatic carbocycles. The quantitative estimate of drug-likeness (QED) is 0.715. The highest BCUT2D eigenvalue weighted by molar-refractivity contribution is 5.69. The minimum absolute atomic E-state index is 0.189. The minimum atomic E-state index is -0.247. The number of halogens is 1. The lowest BCUT2D eigenvalue weighted by Crippen LogP contribution is -2.02. The molecule has 1 aromatic rings. The van der Waals surface area contributed by atoms with E-state index in [0.717, 1.165) is 5.56 Å². The maximum absolute atomic E-state index is 12.6. The van der Waals surface area contributed by atoms with Gasteiger partial charge in [0.15, 0.2) is 0 Å². The van der Waals surface area contributed by atoms with Crippen molar-refractivity contribution in [3.8, 4) is 0 Å². The summed E-state index contributed by atoms with van der Waals surface area (Å²) in [5.41, 5.74) is 0.922. The van der Waals surface area contributed by atoms with Crippen LogP contribution in [0.3, 0.4) is 0 Å². The van der Waals surface area contributed by atoms with Crippen LogP contribution >= 0.6 is 0 Å². The summed E-state index contributed by atoms with van der Waals surface area (Å²) >= 11 is 0. The Labute approximate surface area is 94.7 Å². The summed E-state index contributed by atoms with van der Waals surface area (Å²) in [5.74, 6) is -0.435. The second kappa shape index (κ2) is 6.77. The summed E-state index contributed by atoms with van der Waals surface area (Å²) in [7, 11) is 0. The third-order valence-electron chi connectivity index (χ3n) is 2.00. The lowest BCUT2D eigenvalue weighted by molar-refractivity contribution is -0.142. The summed E-state index contributed by atoms with van der Waals surface area (Å²) in [4.78, 5) is 11.0. The molecule has 2 nitrogen and oxygen atoms in total. The predicted octanol–water partition coefficient (Wildman–Crippen LogP) is 3.18. The lowest BCUT2D eigenvalue weighted by Gasteiger charge is -1.98. The highest BCUT2D eigenvalue weighted by Crippen LogP contribution is 2.06. The number of carbonyl (C=O) groups is 1. The van der Waals surface area contributed by atoms with Crippen LogP contribution in [-0.2, 0) is 9.53 Å². The SMILES string of the molecule is CCOC(=O)CC/C=C\c1ccc(F)cc1. The van der Waals surface area contributed by atoms with Crippen LogP contribution in [0.2, 0.25) is 0 Å². The molecule has 0 aliphatic rings. The molecule has 0 spiro atoms. The van der Waals surface area contributed by atoms with Crippen molar-refractivity contribution in [1.82, 2.24) is 0 Å². The molecule has 0 aliphatic heterocycles. The number of benzene rings is 1. The first kappa shape index (κ1) is 12.4. The monoisotopic (exact) mass is 222 g/mol. The molecule has 0 radical (unpaired) electrons. The summed E-state index contributed by atoms with van der Waals surface area (Å²) < 4.78 is 17.4. The fourth-order valence-electron chi connectivity index (χ4n) is 1.23. The zero-order valence-electron chi connectivity index (χ0n) is 9.28. The van der Waals surface area contributed by atoms with Crippen molar-refractivity contribution < 1.29 is 13.9 Å². The van der Waals surface area contributed by atoms with Crippen LogP contribution in [0.25, 0.3) is 6.08 Å². The predicted molar refractivity (Wildman–Crippen MR) is 61.3 cm³/mol. The summed E-state index contributed by atoms with van der Waals surface area (Å²) in [5, 5.41) is 0. The molecule has 0 fully saturated rings. The van der Waals surface area contributed by atoms with E-state index in [1.807, 2.05) is 12.2 Å². The number of esters is 1. The summed E-state index contributed by atoms with van der Waals surface area (Å²) in [6.07, 6.45) is 4.75. The molecular formula is C13H15FO2. The van der Waals surface area contributed by atoms with Gasteiger partial charge in [-0.3, -0.25) is 4.79 Å². The van der Waals surface area contributed by atoms with E-state index in [9.17, 15) is 9.18 Å². The molecule has 0 atom stereocenters. The molecule has 0 saturated carbocycles. The van der Waals surface area contributed by atoms with E-state index in [-0.39, 0.29) is 11.8 Å². The maximum atomic E-state index is 12.6. The van der Waals surface area contributed by atoms with Crippen molar-refractivity contribution in [2.45, 2.75) is 19.8 Å². The van der Waals surface area contributed by atoms with Crippen molar-refractivity contribution >= 4 is 12.0 Å². The normalized spacial score (nSPS) is 10.6. The second-order valence-electron chi connectivity index (χ2n) is 3.30. The number of rotatable bonds is 5. The molecule has 0 heterocycles. The highest BCUT2D eigenvalue weighted by atomic mass is 19.1. The molecule has 86 valence electrons. The van der Waals surface area contributed by atoms with Crippen LogP contribution in [0.1, 0.15) is 25.3 Å². The van der Waals surface area contributed by atoms with Gasteiger partial charge in [0.2, 0.25) is 0 Å². The van der Waals surface area contributed by atoms with E-state index >= 15 is 0 Å². The average Bonchev–Trinajstić information content (AvgIpc) is 2.27. The Hall–Kier alpha value is -1.64. The third kappa shape index (κ3) is 4.73. The topological polar surface area (TPSA) is 26.3 Å². The molecule has 0 unspecified atom stereocenters. The van der Waals surface area contributed by atoms with Crippen molar-refractivity contribution in [3.05, 3.63) is 41.7 Å². The molecule has 0 amide bonds. The number of hydrogen-bond acceptors (Lipinski definition) is 2. The smallest absolute Gasteiger partial charge is 0.306 e. The van der Waals surface area contributed by atoms with Gasteiger partial charge < -0.3 is 4.74 Å². The molecule has 0 saturated heterocycles. The van der Waals surface area contributed by atoms with Gasteiger partial charge >= 0.3 is 5.97 Å².